The molecule has 1 aromatic heterocycles. The topological polar surface area (TPSA) is 0 Å². The van der Waals surface area contributed by atoms with Gasteiger partial charge >= 0.3 is 0 Å². The molecule has 1 heterocycles. The average molecular weight is 259 g/mol. The molecule has 2 rings (SSSR count). The Bertz CT molecular complexity index is 302. The van der Waals surface area contributed by atoms with Crippen LogP contribution in [0.3, 0.4) is 0 Å². The number of alkyl halides is 1. The molecule has 1 aromatic rings. The van der Waals surface area contributed by atoms with Crippen LogP contribution in [0.5, 0.6) is 0 Å². The Kier molecular flexibility index (Phi) is 2.12. The van der Waals surface area contributed by atoms with Crippen molar-refractivity contribution < 1.29 is 0 Å². The summed E-state index contributed by atoms with van der Waals surface area (Å²) in [7, 11) is 0. The van der Waals surface area contributed by atoms with Crippen molar-refractivity contribution in [3.05, 3.63) is 22.4 Å². The predicted octanol–water partition coefficient (Wildman–Crippen LogP) is 4.06. The molecule has 0 nitrogen and oxygen atoms in total. The number of thiophene rings is 1. The van der Waals surface area contributed by atoms with Gasteiger partial charge in [-0.25, -0.2) is 0 Å². The minimum atomic E-state index is 0.407. The van der Waals surface area contributed by atoms with Crippen molar-refractivity contribution in [2.45, 2.75) is 26.2 Å². The van der Waals surface area contributed by atoms with E-state index in [4.69, 9.17) is 0 Å². The first-order valence-corrected chi connectivity index (χ1v) is 6.65. The molecule has 0 bridgehead atoms. The maximum atomic E-state index is 3.62. The van der Waals surface area contributed by atoms with Gasteiger partial charge in [0.15, 0.2) is 0 Å². The van der Waals surface area contributed by atoms with Gasteiger partial charge in [-0.1, -0.05) is 42.8 Å². The average Bonchev–Trinajstić information content (AvgIpc) is 2.52. The Morgan fingerprint density at radius 3 is 2.54 bits per heavy atom. The normalized spacial score (nSPS) is 36.2. The van der Waals surface area contributed by atoms with Crippen molar-refractivity contribution in [3.8, 4) is 0 Å². The SMILES string of the molecule is CC1(C)C(CBr)C1(C)c1cccs1. The minimum Gasteiger partial charge on any atom is -0.148 e. The molecule has 0 radical (unpaired) electrons. The summed E-state index contributed by atoms with van der Waals surface area (Å²) in [6.07, 6.45) is 0. The summed E-state index contributed by atoms with van der Waals surface area (Å²) in [5.74, 6) is 0.790. The number of halogens is 1. The second-order valence-electron chi connectivity index (χ2n) is 4.61. The van der Waals surface area contributed by atoms with Crippen molar-refractivity contribution in [3.63, 3.8) is 0 Å². The van der Waals surface area contributed by atoms with Gasteiger partial charge < -0.3 is 0 Å². The highest BCUT2D eigenvalue weighted by molar-refractivity contribution is 9.09. The van der Waals surface area contributed by atoms with Gasteiger partial charge in [0.25, 0.3) is 0 Å². The van der Waals surface area contributed by atoms with Crippen LogP contribution in [0, 0.1) is 11.3 Å². The number of rotatable bonds is 2. The third-order valence-electron chi connectivity index (χ3n) is 4.01. The number of hydrogen-bond donors (Lipinski definition) is 0. The van der Waals surface area contributed by atoms with Gasteiger partial charge in [-0.2, -0.15) is 0 Å². The van der Waals surface area contributed by atoms with E-state index in [1.165, 1.54) is 0 Å². The molecule has 1 aliphatic carbocycles. The first kappa shape index (κ1) is 9.72. The first-order valence-electron chi connectivity index (χ1n) is 4.65. The molecule has 1 fully saturated rings. The van der Waals surface area contributed by atoms with E-state index in [1.54, 1.807) is 4.88 Å². The molecule has 72 valence electrons. The van der Waals surface area contributed by atoms with Crippen molar-refractivity contribution in [1.82, 2.24) is 0 Å². The largest absolute Gasteiger partial charge is 0.148 e. The van der Waals surface area contributed by atoms with Gasteiger partial charge in [-0.05, 0) is 22.8 Å². The maximum Gasteiger partial charge on any atom is 0.0115 e. The first-order chi connectivity index (χ1) is 6.05. The molecule has 13 heavy (non-hydrogen) atoms. The fourth-order valence-corrected chi connectivity index (χ4v) is 5.08. The zero-order valence-electron chi connectivity index (χ0n) is 8.30. The van der Waals surface area contributed by atoms with Crippen LogP contribution in [0.2, 0.25) is 0 Å². The van der Waals surface area contributed by atoms with Crippen LogP contribution in [-0.4, -0.2) is 5.33 Å². The summed E-state index contributed by atoms with van der Waals surface area (Å²) in [5, 5.41) is 3.30. The van der Waals surface area contributed by atoms with Crippen LogP contribution >= 0.6 is 27.3 Å². The van der Waals surface area contributed by atoms with Gasteiger partial charge in [0, 0.05) is 15.6 Å². The summed E-state index contributed by atoms with van der Waals surface area (Å²) >= 11 is 5.51. The van der Waals surface area contributed by atoms with Crippen molar-refractivity contribution >= 4 is 27.3 Å². The molecule has 0 N–H and O–H groups in total. The molecular formula is C11H15BrS. The zero-order valence-corrected chi connectivity index (χ0v) is 10.7. The molecule has 1 saturated carbocycles. The Hall–Kier alpha value is 0.180. The van der Waals surface area contributed by atoms with E-state index < -0.39 is 0 Å². The molecule has 2 atom stereocenters. The van der Waals surface area contributed by atoms with E-state index >= 15 is 0 Å². The Labute approximate surface area is 92.5 Å². The monoisotopic (exact) mass is 258 g/mol. The Morgan fingerprint density at radius 1 is 1.46 bits per heavy atom. The lowest BCUT2D eigenvalue weighted by molar-refractivity contribution is 0.527. The second-order valence-corrected chi connectivity index (χ2v) is 6.20. The second kappa shape index (κ2) is 2.83. The molecule has 0 saturated heterocycles. The molecule has 0 amide bonds. The molecule has 0 spiro atoms. The van der Waals surface area contributed by atoms with Crippen LogP contribution in [0.1, 0.15) is 25.6 Å². The zero-order chi connectivity index (χ0) is 9.69. The van der Waals surface area contributed by atoms with Crippen molar-refractivity contribution in [2.24, 2.45) is 11.3 Å². The van der Waals surface area contributed by atoms with Crippen LogP contribution in [-0.2, 0) is 5.41 Å². The van der Waals surface area contributed by atoms with E-state index in [-0.39, 0.29) is 0 Å². The summed E-state index contributed by atoms with van der Waals surface area (Å²) in [4.78, 5) is 1.54. The third kappa shape index (κ3) is 1.08. The standard InChI is InChI=1S/C11H15BrS/c1-10(2)8(7-12)11(10,3)9-5-4-6-13-9/h4-6,8H,7H2,1-3H3. The summed E-state index contributed by atoms with van der Waals surface area (Å²) in [6, 6.07) is 4.43. The van der Waals surface area contributed by atoms with E-state index in [9.17, 15) is 0 Å². The summed E-state index contributed by atoms with van der Waals surface area (Å²) < 4.78 is 0. The minimum absolute atomic E-state index is 0.407. The lowest BCUT2D eigenvalue weighted by atomic mass is 9.96. The van der Waals surface area contributed by atoms with Crippen LogP contribution in [0.15, 0.2) is 17.5 Å². The van der Waals surface area contributed by atoms with E-state index in [1.807, 2.05) is 11.3 Å². The van der Waals surface area contributed by atoms with Gasteiger partial charge in [0.1, 0.15) is 0 Å². The maximum absolute atomic E-state index is 3.62. The number of hydrogen-bond acceptors (Lipinski definition) is 1. The molecule has 0 aliphatic heterocycles. The van der Waals surface area contributed by atoms with Crippen molar-refractivity contribution in [1.29, 1.82) is 0 Å². The summed E-state index contributed by atoms with van der Waals surface area (Å²) in [6.45, 7) is 7.14. The van der Waals surface area contributed by atoms with Gasteiger partial charge in [0.2, 0.25) is 0 Å². The quantitative estimate of drug-likeness (QED) is 0.703. The van der Waals surface area contributed by atoms with Crippen molar-refractivity contribution in [2.75, 3.05) is 5.33 Å². The van der Waals surface area contributed by atoms with Crippen LogP contribution in [0.25, 0.3) is 0 Å². The Morgan fingerprint density at radius 2 is 2.15 bits per heavy atom. The van der Waals surface area contributed by atoms with Crippen LogP contribution in [0.4, 0.5) is 0 Å². The highest BCUT2D eigenvalue weighted by atomic mass is 79.9. The fraction of sp³-hybridized carbons (Fsp3) is 0.636. The summed E-state index contributed by atoms with van der Waals surface area (Å²) in [5.41, 5.74) is 0.867. The molecule has 2 heteroatoms. The predicted molar refractivity (Wildman–Crippen MR) is 62.7 cm³/mol. The lowest BCUT2D eigenvalue weighted by Gasteiger charge is -2.11. The van der Waals surface area contributed by atoms with Gasteiger partial charge in [-0.15, -0.1) is 11.3 Å². The van der Waals surface area contributed by atoms with Gasteiger partial charge in [-0.3, -0.25) is 0 Å². The van der Waals surface area contributed by atoms with E-state index in [0.29, 0.717) is 10.8 Å². The molecule has 2 unspecified atom stereocenters. The molecular weight excluding hydrogens is 244 g/mol. The van der Waals surface area contributed by atoms with Crippen LogP contribution < -0.4 is 0 Å². The highest BCUT2D eigenvalue weighted by Crippen LogP contribution is 2.70. The highest BCUT2D eigenvalue weighted by Gasteiger charge is 2.68. The third-order valence-corrected chi connectivity index (χ3v) is 5.77. The lowest BCUT2D eigenvalue weighted by Crippen LogP contribution is -2.07. The van der Waals surface area contributed by atoms with E-state index in [0.717, 1.165) is 11.2 Å². The Balaban J connectivity index is 2.35. The fourth-order valence-electron chi connectivity index (χ4n) is 2.51. The molecule has 0 aromatic carbocycles. The van der Waals surface area contributed by atoms with E-state index in [2.05, 4.69) is 54.2 Å². The smallest absolute Gasteiger partial charge is 0.0115 e. The molecule has 1 aliphatic rings. The van der Waals surface area contributed by atoms with Gasteiger partial charge in [0.05, 0.1) is 0 Å².